The molecule has 0 aliphatic heterocycles. The number of pyridine rings is 1. The molecule has 0 spiro atoms. The van der Waals surface area contributed by atoms with Crippen LogP contribution in [0.2, 0.25) is 0 Å². The van der Waals surface area contributed by atoms with E-state index in [1.54, 1.807) is 16.4 Å². The Morgan fingerprint density at radius 2 is 2.05 bits per heavy atom. The van der Waals surface area contributed by atoms with Crippen LogP contribution in [0.1, 0.15) is 46.0 Å². The monoisotopic (exact) mass is 311 g/mol. The highest BCUT2D eigenvalue weighted by molar-refractivity contribution is 7.89. The zero-order valence-corrected chi connectivity index (χ0v) is 13.7. The number of nitrogens with one attached hydrogen (secondary N) is 1. The summed E-state index contributed by atoms with van der Waals surface area (Å²) in [7, 11) is -3.40. The Bertz CT molecular complexity index is 539. The van der Waals surface area contributed by atoms with Crippen molar-refractivity contribution in [3.05, 3.63) is 18.3 Å². The van der Waals surface area contributed by atoms with E-state index in [0.717, 1.165) is 44.5 Å². The number of unbranched alkanes of at least 4 members (excludes halogenated alkanes) is 1. The van der Waals surface area contributed by atoms with Gasteiger partial charge in [-0.25, -0.2) is 13.4 Å². The van der Waals surface area contributed by atoms with Gasteiger partial charge >= 0.3 is 0 Å². The Hall–Kier alpha value is -1.14. The van der Waals surface area contributed by atoms with Crippen LogP contribution in [0.15, 0.2) is 23.2 Å². The first-order valence-corrected chi connectivity index (χ1v) is 9.25. The van der Waals surface area contributed by atoms with E-state index in [1.165, 1.54) is 6.20 Å². The minimum Gasteiger partial charge on any atom is -0.370 e. The second-order valence-electron chi connectivity index (χ2n) is 5.51. The standard InChI is InChI=1S/C15H25N3O2S/c1-3-5-11-18(13-6-7-13)21(19,20)14-8-9-15(17-12-14)16-10-4-2/h8-9,12-13H,3-7,10-11H2,1-2H3,(H,16,17). The van der Waals surface area contributed by atoms with Gasteiger partial charge < -0.3 is 5.32 Å². The molecule has 0 unspecified atom stereocenters. The lowest BCUT2D eigenvalue weighted by Crippen LogP contribution is -2.34. The average molecular weight is 311 g/mol. The third-order valence-corrected chi connectivity index (χ3v) is 5.52. The van der Waals surface area contributed by atoms with Crippen LogP contribution < -0.4 is 5.32 Å². The summed E-state index contributed by atoms with van der Waals surface area (Å²) < 4.78 is 27.1. The molecule has 0 atom stereocenters. The van der Waals surface area contributed by atoms with Gasteiger partial charge in [0.1, 0.15) is 10.7 Å². The summed E-state index contributed by atoms with van der Waals surface area (Å²) in [5.74, 6) is 0.724. The average Bonchev–Trinajstić information content (AvgIpc) is 3.30. The van der Waals surface area contributed by atoms with Gasteiger partial charge in [0.2, 0.25) is 10.0 Å². The predicted molar refractivity (Wildman–Crippen MR) is 84.8 cm³/mol. The first kappa shape index (κ1) is 16.2. The van der Waals surface area contributed by atoms with Gasteiger partial charge in [-0.3, -0.25) is 0 Å². The van der Waals surface area contributed by atoms with Crippen molar-refractivity contribution >= 4 is 15.8 Å². The van der Waals surface area contributed by atoms with Crippen molar-refractivity contribution in [2.45, 2.75) is 56.9 Å². The van der Waals surface area contributed by atoms with E-state index in [9.17, 15) is 8.42 Å². The molecule has 1 aliphatic rings. The van der Waals surface area contributed by atoms with E-state index in [0.29, 0.717) is 11.4 Å². The molecule has 118 valence electrons. The molecular formula is C15H25N3O2S. The maximum atomic E-state index is 12.7. The van der Waals surface area contributed by atoms with Crippen LogP contribution in [0.5, 0.6) is 0 Å². The molecule has 2 rings (SSSR count). The predicted octanol–water partition coefficient (Wildman–Crippen LogP) is 2.86. The van der Waals surface area contributed by atoms with Crippen molar-refractivity contribution in [2.75, 3.05) is 18.4 Å². The Balaban J connectivity index is 2.13. The van der Waals surface area contributed by atoms with Crippen LogP contribution in [0, 0.1) is 0 Å². The molecule has 0 radical (unpaired) electrons. The van der Waals surface area contributed by atoms with Crippen molar-refractivity contribution in [1.29, 1.82) is 0 Å². The SMILES string of the molecule is CCCCN(C1CC1)S(=O)(=O)c1ccc(NCCC)nc1. The fraction of sp³-hybridized carbons (Fsp3) is 0.667. The molecule has 0 aromatic carbocycles. The van der Waals surface area contributed by atoms with Crippen LogP contribution in [-0.4, -0.2) is 36.8 Å². The second kappa shape index (κ2) is 7.22. The van der Waals surface area contributed by atoms with Crippen molar-refractivity contribution in [3.63, 3.8) is 0 Å². The smallest absolute Gasteiger partial charge is 0.244 e. The van der Waals surface area contributed by atoms with Gasteiger partial charge in [0.25, 0.3) is 0 Å². The normalized spacial score (nSPS) is 15.4. The van der Waals surface area contributed by atoms with E-state index in [4.69, 9.17) is 0 Å². The molecule has 5 nitrogen and oxygen atoms in total. The summed E-state index contributed by atoms with van der Waals surface area (Å²) in [6, 6.07) is 3.59. The number of anilines is 1. The molecule has 21 heavy (non-hydrogen) atoms. The first-order chi connectivity index (χ1) is 10.1. The van der Waals surface area contributed by atoms with E-state index >= 15 is 0 Å². The molecule has 1 aromatic rings. The lowest BCUT2D eigenvalue weighted by molar-refractivity contribution is 0.395. The van der Waals surface area contributed by atoms with Gasteiger partial charge in [-0.05, 0) is 37.8 Å². The largest absolute Gasteiger partial charge is 0.370 e. The summed E-state index contributed by atoms with van der Waals surface area (Å²) in [5.41, 5.74) is 0. The molecule has 6 heteroatoms. The first-order valence-electron chi connectivity index (χ1n) is 7.81. The minimum absolute atomic E-state index is 0.194. The molecule has 1 saturated carbocycles. The maximum Gasteiger partial charge on any atom is 0.244 e. The summed E-state index contributed by atoms with van der Waals surface area (Å²) in [4.78, 5) is 4.51. The Labute approximate surface area is 127 Å². The zero-order chi connectivity index (χ0) is 15.3. The number of hydrogen-bond donors (Lipinski definition) is 1. The van der Waals surface area contributed by atoms with Crippen molar-refractivity contribution in [3.8, 4) is 0 Å². The van der Waals surface area contributed by atoms with E-state index in [1.807, 2.05) is 0 Å². The highest BCUT2D eigenvalue weighted by atomic mass is 32.2. The van der Waals surface area contributed by atoms with Gasteiger partial charge in [-0.1, -0.05) is 20.3 Å². The van der Waals surface area contributed by atoms with Crippen molar-refractivity contribution in [2.24, 2.45) is 0 Å². The molecule has 1 aliphatic carbocycles. The molecule has 0 bridgehead atoms. The van der Waals surface area contributed by atoms with Gasteiger partial charge in [-0.15, -0.1) is 0 Å². The van der Waals surface area contributed by atoms with Crippen LogP contribution >= 0.6 is 0 Å². The minimum atomic E-state index is -3.40. The molecule has 0 amide bonds. The quantitative estimate of drug-likeness (QED) is 0.762. The lowest BCUT2D eigenvalue weighted by Gasteiger charge is -2.21. The molecule has 1 heterocycles. The number of nitrogens with zero attached hydrogens (tertiary/aromatic N) is 2. The van der Waals surface area contributed by atoms with Gasteiger partial charge in [-0.2, -0.15) is 4.31 Å². The fourth-order valence-electron chi connectivity index (χ4n) is 2.20. The van der Waals surface area contributed by atoms with Crippen LogP contribution in [-0.2, 0) is 10.0 Å². The highest BCUT2D eigenvalue weighted by Gasteiger charge is 2.37. The zero-order valence-electron chi connectivity index (χ0n) is 12.9. The number of sulfonamides is 1. The third-order valence-electron chi connectivity index (χ3n) is 3.59. The van der Waals surface area contributed by atoms with E-state index in [2.05, 4.69) is 24.1 Å². The summed E-state index contributed by atoms with van der Waals surface area (Å²) in [5, 5.41) is 3.15. The Kier molecular flexibility index (Phi) is 5.58. The van der Waals surface area contributed by atoms with Crippen LogP contribution in [0.3, 0.4) is 0 Å². The van der Waals surface area contributed by atoms with Gasteiger partial charge in [0.15, 0.2) is 0 Å². The fourth-order valence-corrected chi connectivity index (χ4v) is 3.87. The molecular weight excluding hydrogens is 286 g/mol. The lowest BCUT2D eigenvalue weighted by atomic mass is 10.3. The summed E-state index contributed by atoms with van der Waals surface area (Å²) >= 11 is 0. The molecule has 1 fully saturated rings. The molecule has 1 aromatic heterocycles. The second-order valence-corrected chi connectivity index (χ2v) is 7.40. The van der Waals surface area contributed by atoms with E-state index < -0.39 is 10.0 Å². The topological polar surface area (TPSA) is 62.3 Å². The molecule has 1 N–H and O–H groups in total. The van der Waals surface area contributed by atoms with E-state index in [-0.39, 0.29) is 6.04 Å². The number of hydrogen-bond acceptors (Lipinski definition) is 4. The molecule has 0 saturated heterocycles. The van der Waals surface area contributed by atoms with Gasteiger partial charge in [0.05, 0.1) is 0 Å². The number of aromatic nitrogens is 1. The van der Waals surface area contributed by atoms with Gasteiger partial charge in [0, 0.05) is 25.3 Å². The van der Waals surface area contributed by atoms with Crippen molar-refractivity contribution in [1.82, 2.24) is 9.29 Å². The summed E-state index contributed by atoms with van der Waals surface area (Å²) in [6.07, 6.45) is 6.33. The van der Waals surface area contributed by atoms with Crippen LogP contribution in [0.25, 0.3) is 0 Å². The van der Waals surface area contributed by atoms with Crippen LogP contribution in [0.4, 0.5) is 5.82 Å². The third kappa shape index (κ3) is 4.17. The highest BCUT2D eigenvalue weighted by Crippen LogP contribution is 2.32. The maximum absolute atomic E-state index is 12.7. The summed E-state index contributed by atoms with van der Waals surface area (Å²) in [6.45, 7) is 5.60. The Morgan fingerprint density at radius 1 is 1.29 bits per heavy atom. The Morgan fingerprint density at radius 3 is 2.57 bits per heavy atom. The number of rotatable bonds is 9. The van der Waals surface area contributed by atoms with Crippen molar-refractivity contribution < 1.29 is 8.42 Å².